The molecular formula is C10H17N5OS. The van der Waals surface area contributed by atoms with Gasteiger partial charge in [0.15, 0.2) is 4.77 Å². The summed E-state index contributed by atoms with van der Waals surface area (Å²) in [7, 11) is 3.43. The Hall–Kier alpha value is -1.37. The van der Waals surface area contributed by atoms with Crippen LogP contribution in [0.5, 0.6) is 0 Å². The van der Waals surface area contributed by atoms with E-state index in [9.17, 15) is 4.79 Å². The Labute approximate surface area is 105 Å². The monoisotopic (exact) mass is 255 g/mol. The Morgan fingerprint density at radius 1 is 1.65 bits per heavy atom. The molecule has 0 aromatic carbocycles. The first kappa shape index (κ1) is 12.1. The van der Waals surface area contributed by atoms with Gasteiger partial charge in [0.25, 0.3) is 0 Å². The topological polar surface area (TPSA) is 66.0 Å². The van der Waals surface area contributed by atoms with E-state index in [1.54, 1.807) is 14.1 Å². The standard InChI is InChI=1S/C10H17N5OS/c1-14(2)9(16)11-5-6-15-8(7-3-4-7)12-13-10(15)17/h7H,3-6H2,1-2H3,(H,11,16)(H,13,17). The molecule has 0 spiro atoms. The van der Waals surface area contributed by atoms with Crippen LogP contribution in [0.4, 0.5) is 4.79 Å². The highest BCUT2D eigenvalue weighted by Crippen LogP contribution is 2.38. The van der Waals surface area contributed by atoms with Crippen LogP contribution < -0.4 is 5.32 Å². The molecule has 1 fully saturated rings. The Balaban J connectivity index is 1.92. The van der Waals surface area contributed by atoms with Crippen LogP contribution in [-0.2, 0) is 6.54 Å². The molecule has 1 aliphatic carbocycles. The van der Waals surface area contributed by atoms with Gasteiger partial charge in [-0.05, 0) is 25.1 Å². The van der Waals surface area contributed by atoms with Crippen LogP contribution in [0.3, 0.4) is 0 Å². The Kier molecular flexibility index (Phi) is 3.46. The lowest BCUT2D eigenvalue weighted by atomic mass is 10.4. The molecule has 7 heteroatoms. The predicted molar refractivity (Wildman–Crippen MR) is 66.5 cm³/mol. The molecule has 0 saturated heterocycles. The highest BCUT2D eigenvalue weighted by molar-refractivity contribution is 7.71. The van der Waals surface area contributed by atoms with E-state index >= 15 is 0 Å². The minimum Gasteiger partial charge on any atom is -0.336 e. The highest BCUT2D eigenvalue weighted by Gasteiger charge is 2.28. The maximum atomic E-state index is 11.3. The first-order valence-electron chi connectivity index (χ1n) is 5.70. The molecular weight excluding hydrogens is 238 g/mol. The summed E-state index contributed by atoms with van der Waals surface area (Å²) >= 11 is 5.17. The van der Waals surface area contributed by atoms with E-state index in [0.29, 0.717) is 23.8 Å². The van der Waals surface area contributed by atoms with Crippen molar-refractivity contribution in [2.45, 2.75) is 25.3 Å². The van der Waals surface area contributed by atoms with Crippen LogP contribution in [0.25, 0.3) is 0 Å². The van der Waals surface area contributed by atoms with Crippen molar-refractivity contribution in [2.24, 2.45) is 0 Å². The van der Waals surface area contributed by atoms with Crippen LogP contribution in [-0.4, -0.2) is 46.3 Å². The summed E-state index contributed by atoms with van der Waals surface area (Å²) in [6.45, 7) is 1.23. The van der Waals surface area contributed by atoms with Gasteiger partial charge in [0, 0.05) is 33.1 Å². The first-order chi connectivity index (χ1) is 8.09. The molecule has 0 bridgehead atoms. The Morgan fingerprint density at radius 3 is 2.94 bits per heavy atom. The molecule has 0 aliphatic heterocycles. The zero-order valence-electron chi connectivity index (χ0n) is 10.1. The maximum Gasteiger partial charge on any atom is 0.316 e. The molecule has 1 saturated carbocycles. The normalized spacial score (nSPS) is 14.7. The molecule has 2 amide bonds. The van der Waals surface area contributed by atoms with E-state index in [2.05, 4.69) is 15.5 Å². The summed E-state index contributed by atoms with van der Waals surface area (Å²) in [5.74, 6) is 1.57. The van der Waals surface area contributed by atoms with Gasteiger partial charge in [-0.3, -0.25) is 5.10 Å². The van der Waals surface area contributed by atoms with Crippen molar-refractivity contribution in [3.63, 3.8) is 0 Å². The number of nitrogens with zero attached hydrogens (tertiary/aromatic N) is 3. The Bertz CT molecular complexity index is 460. The summed E-state index contributed by atoms with van der Waals surface area (Å²) < 4.78 is 2.61. The number of aromatic amines is 1. The third-order valence-electron chi connectivity index (χ3n) is 2.75. The number of urea groups is 1. The molecule has 1 aromatic heterocycles. The molecule has 0 unspecified atom stereocenters. The number of amides is 2. The van der Waals surface area contributed by atoms with Gasteiger partial charge < -0.3 is 14.8 Å². The lowest BCUT2D eigenvalue weighted by Gasteiger charge is -2.12. The third-order valence-corrected chi connectivity index (χ3v) is 3.06. The predicted octanol–water partition coefficient (Wildman–Crippen LogP) is 1.09. The lowest BCUT2D eigenvalue weighted by Crippen LogP contribution is -2.36. The van der Waals surface area contributed by atoms with Gasteiger partial charge in [0.2, 0.25) is 0 Å². The fraction of sp³-hybridized carbons (Fsp3) is 0.700. The summed E-state index contributed by atoms with van der Waals surface area (Å²) in [5, 5.41) is 9.86. The van der Waals surface area contributed by atoms with Crippen molar-refractivity contribution in [3.8, 4) is 0 Å². The van der Waals surface area contributed by atoms with E-state index in [-0.39, 0.29) is 6.03 Å². The van der Waals surface area contributed by atoms with E-state index in [0.717, 1.165) is 5.82 Å². The van der Waals surface area contributed by atoms with Crippen LogP contribution in [0.2, 0.25) is 0 Å². The van der Waals surface area contributed by atoms with E-state index in [1.807, 2.05) is 4.57 Å². The molecule has 0 atom stereocenters. The lowest BCUT2D eigenvalue weighted by molar-refractivity contribution is 0.217. The molecule has 1 aromatic rings. The fourth-order valence-corrected chi connectivity index (χ4v) is 1.86. The number of H-pyrrole nitrogens is 1. The van der Waals surface area contributed by atoms with E-state index in [4.69, 9.17) is 12.2 Å². The average Bonchev–Trinajstić information content (AvgIpc) is 3.05. The number of nitrogens with one attached hydrogen (secondary N) is 2. The summed E-state index contributed by atoms with van der Waals surface area (Å²) in [4.78, 5) is 12.9. The van der Waals surface area contributed by atoms with E-state index in [1.165, 1.54) is 17.7 Å². The molecule has 1 aliphatic rings. The Morgan fingerprint density at radius 2 is 2.35 bits per heavy atom. The van der Waals surface area contributed by atoms with Crippen molar-refractivity contribution < 1.29 is 4.79 Å². The van der Waals surface area contributed by atoms with Gasteiger partial charge in [0.1, 0.15) is 5.82 Å². The van der Waals surface area contributed by atoms with Gasteiger partial charge >= 0.3 is 6.03 Å². The van der Waals surface area contributed by atoms with Gasteiger partial charge in [0.05, 0.1) is 0 Å². The first-order valence-corrected chi connectivity index (χ1v) is 6.10. The molecule has 17 heavy (non-hydrogen) atoms. The second-order valence-electron chi connectivity index (χ2n) is 4.44. The second-order valence-corrected chi connectivity index (χ2v) is 4.83. The number of hydrogen-bond donors (Lipinski definition) is 2. The smallest absolute Gasteiger partial charge is 0.316 e. The molecule has 2 N–H and O–H groups in total. The van der Waals surface area contributed by atoms with Crippen LogP contribution >= 0.6 is 12.2 Å². The summed E-state index contributed by atoms with van der Waals surface area (Å²) in [6.07, 6.45) is 2.37. The van der Waals surface area contributed by atoms with Crippen molar-refractivity contribution >= 4 is 18.2 Å². The second kappa shape index (κ2) is 4.87. The summed E-state index contributed by atoms with van der Waals surface area (Å²) in [6, 6.07) is -0.0898. The number of carbonyl (C=O) groups is 1. The molecule has 1 heterocycles. The third kappa shape index (κ3) is 2.85. The highest BCUT2D eigenvalue weighted by atomic mass is 32.1. The summed E-state index contributed by atoms with van der Waals surface area (Å²) in [5.41, 5.74) is 0. The minimum absolute atomic E-state index is 0.0898. The van der Waals surface area contributed by atoms with Crippen LogP contribution in [0.1, 0.15) is 24.6 Å². The zero-order chi connectivity index (χ0) is 12.4. The molecule has 94 valence electrons. The number of aromatic nitrogens is 3. The average molecular weight is 255 g/mol. The SMILES string of the molecule is CN(C)C(=O)NCCn1c(C2CC2)n[nH]c1=S. The number of carbonyl (C=O) groups excluding carboxylic acids is 1. The van der Waals surface area contributed by atoms with Gasteiger partial charge in [-0.15, -0.1) is 0 Å². The van der Waals surface area contributed by atoms with E-state index < -0.39 is 0 Å². The maximum absolute atomic E-state index is 11.3. The largest absolute Gasteiger partial charge is 0.336 e. The zero-order valence-corrected chi connectivity index (χ0v) is 10.9. The molecule has 6 nitrogen and oxygen atoms in total. The fourth-order valence-electron chi connectivity index (χ4n) is 1.63. The van der Waals surface area contributed by atoms with Crippen molar-refractivity contribution in [1.82, 2.24) is 25.0 Å². The van der Waals surface area contributed by atoms with Crippen LogP contribution in [0, 0.1) is 4.77 Å². The number of hydrogen-bond acceptors (Lipinski definition) is 3. The van der Waals surface area contributed by atoms with Gasteiger partial charge in [-0.25, -0.2) is 4.79 Å². The quantitative estimate of drug-likeness (QED) is 0.791. The van der Waals surface area contributed by atoms with Crippen molar-refractivity contribution in [2.75, 3.05) is 20.6 Å². The molecule has 0 radical (unpaired) electrons. The number of rotatable bonds is 4. The van der Waals surface area contributed by atoms with Gasteiger partial charge in [-0.2, -0.15) is 5.10 Å². The molecule has 2 rings (SSSR count). The van der Waals surface area contributed by atoms with Crippen LogP contribution in [0.15, 0.2) is 0 Å². The van der Waals surface area contributed by atoms with Crippen molar-refractivity contribution in [1.29, 1.82) is 0 Å². The van der Waals surface area contributed by atoms with Crippen molar-refractivity contribution in [3.05, 3.63) is 10.6 Å². The van der Waals surface area contributed by atoms with Gasteiger partial charge in [-0.1, -0.05) is 0 Å². The minimum atomic E-state index is -0.0898.